The molecule has 0 spiro atoms. The van der Waals surface area contributed by atoms with E-state index < -0.39 is 12.1 Å². The van der Waals surface area contributed by atoms with Crippen LogP contribution in [0.25, 0.3) is 0 Å². The Hall–Kier alpha value is -1.38. The van der Waals surface area contributed by atoms with Crippen LogP contribution in [0.5, 0.6) is 0 Å². The van der Waals surface area contributed by atoms with Crippen LogP contribution in [-0.2, 0) is 10.1 Å². The van der Waals surface area contributed by atoms with Crippen LogP contribution >= 0.6 is 15.9 Å². The summed E-state index contributed by atoms with van der Waals surface area (Å²) < 4.78 is 0. The molecule has 1 atom stereocenters. The van der Waals surface area contributed by atoms with Crippen LogP contribution in [0.4, 0.5) is 0 Å². The second kappa shape index (κ2) is 4.91. The van der Waals surface area contributed by atoms with Gasteiger partial charge in [0.2, 0.25) is 0 Å². The molecule has 0 amide bonds. The summed E-state index contributed by atoms with van der Waals surface area (Å²) in [7, 11) is 0. The zero-order valence-corrected chi connectivity index (χ0v) is 9.23. The van der Waals surface area contributed by atoms with Gasteiger partial charge in [0.15, 0.2) is 6.10 Å². The summed E-state index contributed by atoms with van der Waals surface area (Å²) in [6.07, 6.45) is -1.65. The van der Waals surface area contributed by atoms with Gasteiger partial charge in [-0.1, -0.05) is 28.1 Å². The first-order chi connectivity index (χ1) is 7.10. The van der Waals surface area contributed by atoms with Crippen molar-refractivity contribution in [2.24, 2.45) is 0 Å². The predicted octanol–water partition coefficient (Wildman–Crippen LogP) is 1.57. The van der Waals surface area contributed by atoms with E-state index in [4.69, 9.17) is 10.4 Å². The monoisotopic (exact) mass is 269 g/mol. The van der Waals surface area contributed by atoms with E-state index in [2.05, 4.69) is 15.9 Å². The molecule has 15 heavy (non-hydrogen) atoms. The third-order valence-corrected chi connectivity index (χ3v) is 2.57. The number of nitrogens with zero attached hydrogens (tertiary/aromatic N) is 1. The maximum absolute atomic E-state index is 10.6. The molecule has 1 aromatic rings. The number of halogens is 1. The molecule has 0 aromatic heterocycles. The maximum atomic E-state index is 10.6. The highest BCUT2D eigenvalue weighted by molar-refractivity contribution is 9.08. The fraction of sp³-hybridized carbons (Fsp3) is 0.200. The molecule has 0 saturated heterocycles. The summed E-state index contributed by atoms with van der Waals surface area (Å²) in [6.45, 7) is 0. The van der Waals surface area contributed by atoms with Crippen molar-refractivity contribution in [1.29, 1.82) is 5.26 Å². The largest absolute Gasteiger partial charge is 0.479 e. The van der Waals surface area contributed by atoms with Gasteiger partial charge in [-0.25, -0.2) is 4.79 Å². The molecule has 0 radical (unpaired) electrons. The van der Waals surface area contributed by atoms with Crippen molar-refractivity contribution in [3.05, 3.63) is 34.9 Å². The molecule has 0 aliphatic carbocycles. The lowest BCUT2D eigenvalue weighted by Gasteiger charge is -2.09. The summed E-state index contributed by atoms with van der Waals surface area (Å²) >= 11 is 3.21. The van der Waals surface area contributed by atoms with Gasteiger partial charge in [-0.3, -0.25) is 0 Å². The van der Waals surface area contributed by atoms with Crippen molar-refractivity contribution in [3.63, 3.8) is 0 Å². The van der Waals surface area contributed by atoms with Gasteiger partial charge < -0.3 is 10.2 Å². The lowest BCUT2D eigenvalue weighted by atomic mass is 10.0. The van der Waals surface area contributed by atoms with Gasteiger partial charge >= 0.3 is 5.97 Å². The number of carboxylic acid groups (broad SMARTS) is 1. The van der Waals surface area contributed by atoms with Crippen molar-refractivity contribution < 1.29 is 15.0 Å². The van der Waals surface area contributed by atoms with Crippen LogP contribution in [0.3, 0.4) is 0 Å². The van der Waals surface area contributed by atoms with Gasteiger partial charge in [0, 0.05) is 10.9 Å². The molecule has 4 nitrogen and oxygen atoms in total. The predicted molar refractivity (Wildman–Crippen MR) is 56.4 cm³/mol. The fourth-order valence-electron chi connectivity index (χ4n) is 1.16. The second-order valence-electron chi connectivity index (χ2n) is 2.91. The zero-order chi connectivity index (χ0) is 11.4. The Morgan fingerprint density at radius 1 is 1.60 bits per heavy atom. The number of carboxylic acids is 1. The summed E-state index contributed by atoms with van der Waals surface area (Å²) in [4.78, 5) is 10.6. The van der Waals surface area contributed by atoms with E-state index in [0.29, 0.717) is 5.33 Å². The summed E-state index contributed by atoms with van der Waals surface area (Å²) in [5.74, 6) is -1.36. The van der Waals surface area contributed by atoms with E-state index in [1.807, 2.05) is 6.07 Å². The highest BCUT2D eigenvalue weighted by atomic mass is 79.9. The van der Waals surface area contributed by atoms with Crippen LogP contribution < -0.4 is 0 Å². The molecule has 0 heterocycles. The van der Waals surface area contributed by atoms with E-state index in [-0.39, 0.29) is 11.1 Å². The number of aliphatic hydroxyl groups excluding tert-OH is 1. The van der Waals surface area contributed by atoms with Crippen LogP contribution in [0.1, 0.15) is 22.8 Å². The van der Waals surface area contributed by atoms with E-state index in [1.54, 1.807) is 6.07 Å². The normalized spacial score (nSPS) is 11.8. The number of benzene rings is 1. The smallest absolute Gasteiger partial charge is 0.337 e. The Kier molecular flexibility index (Phi) is 3.83. The minimum atomic E-state index is -1.65. The van der Waals surface area contributed by atoms with Crippen molar-refractivity contribution >= 4 is 21.9 Å². The van der Waals surface area contributed by atoms with Gasteiger partial charge in [-0.2, -0.15) is 5.26 Å². The zero-order valence-electron chi connectivity index (χ0n) is 7.64. The highest BCUT2D eigenvalue weighted by Gasteiger charge is 2.19. The third-order valence-electron chi connectivity index (χ3n) is 1.92. The topological polar surface area (TPSA) is 81.3 Å². The van der Waals surface area contributed by atoms with Gasteiger partial charge in [0.25, 0.3) is 0 Å². The first-order valence-corrected chi connectivity index (χ1v) is 5.22. The van der Waals surface area contributed by atoms with E-state index in [1.165, 1.54) is 12.1 Å². The summed E-state index contributed by atoms with van der Waals surface area (Å²) in [6, 6.07) is 6.55. The first-order valence-electron chi connectivity index (χ1n) is 4.10. The van der Waals surface area contributed by atoms with Crippen molar-refractivity contribution in [2.75, 3.05) is 0 Å². The Morgan fingerprint density at radius 3 is 2.73 bits per heavy atom. The Labute approximate surface area is 94.9 Å². The van der Waals surface area contributed by atoms with Crippen molar-refractivity contribution in [3.8, 4) is 6.07 Å². The quantitative estimate of drug-likeness (QED) is 0.817. The molecular formula is C10H8BrNO3. The molecule has 0 saturated carbocycles. The van der Waals surface area contributed by atoms with E-state index in [9.17, 15) is 9.90 Å². The highest BCUT2D eigenvalue weighted by Crippen LogP contribution is 2.20. The number of alkyl halides is 1. The molecular weight excluding hydrogens is 262 g/mol. The molecule has 0 fully saturated rings. The Balaban J connectivity index is 3.24. The van der Waals surface area contributed by atoms with Crippen molar-refractivity contribution in [2.45, 2.75) is 11.4 Å². The van der Waals surface area contributed by atoms with Crippen molar-refractivity contribution in [1.82, 2.24) is 0 Å². The minimum absolute atomic E-state index is 0.127. The number of carbonyl (C=O) groups is 1. The minimum Gasteiger partial charge on any atom is -0.479 e. The molecule has 0 bridgehead atoms. The Bertz CT molecular complexity index is 425. The number of aliphatic carboxylic acids is 1. The SMILES string of the molecule is N#Cc1ccc(CBr)cc1C(O)C(=O)O. The molecule has 1 aromatic carbocycles. The second-order valence-corrected chi connectivity index (χ2v) is 3.47. The lowest BCUT2D eigenvalue weighted by Crippen LogP contribution is -2.12. The molecule has 0 aliphatic heterocycles. The summed E-state index contributed by atoms with van der Waals surface area (Å²) in [5, 5.41) is 27.3. The lowest BCUT2D eigenvalue weighted by molar-refractivity contribution is -0.146. The van der Waals surface area contributed by atoms with E-state index in [0.717, 1.165) is 5.56 Å². The number of aliphatic hydroxyl groups is 1. The molecule has 1 unspecified atom stereocenters. The molecule has 5 heteroatoms. The number of hydrogen-bond donors (Lipinski definition) is 2. The molecule has 78 valence electrons. The Morgan fingerprint density at radius 2 is 2.27 bits per heavy atom. The van der Waals surface area contributed by atoms with Gasteiger partial charge in [-0.05, 0) is 11.6 Å². The van der Waals surface area contributed by atoms with Crippen LogP contribution in [0.15, 0.2) is 18.2 Å². The van der Waals surface area contributed by atoms with Gasteiger partial charge in [0.1, 0.15) is 0 Å². The number of hydrogen-bond acceptors (Lipinski definition) is 3. The molecule has 0 aliphatic rings. The molecule has 1 rings (SSSR count). The van der Waals surface area contributed by atoms with E-state index >= 15 is 0 Å². The van der Waals surface area contributed by atoms with Crippen LogP contribution in [0.2, 0.25) is 0 Å². The van der Waals surface area contributed by atoms with Crippen LogP contribution in [-0.4, -0.2) is 16.2 Å². The van der Waals surface area contributed by atoms with Crippen LogP contribution in [0, 0.1) is 11.3 Å². The standard InChI is InChI=1S/C10H8BrNO3/c11-4-6-1-2-7(5-12)8(3-6)9(13)10(14)15/h1-3,9,13H,4H2,(H,14,15). The average molecular weight is 270 g/mol. The van der Waals surface area contributed by atoms with Gasteiger partial charge in [0.05, 0.1) is 11.6 Å². The molecule has 2 N–H and O–H groups in total. The third kappa shape index (κ3) is 2.55. The first kappa shape index (κ1) is 11.7. The number of nitriles is 1. The average Bonchev–Trinajstić information content (AvgIpc) is 2.27. The van der Waals surface area contributed by atoms with Gasteiger partial charge in [-0.15, -0.1) is 0 Å². The summed E-state index contributed by atoms with van der Waals surface area (Å²) in [5.41, 5.74) is 1.11. The maximum Gasteiger partial charge on any atom is 0.337 e. The number of rotatable bonds is 3. The fourth-order valence-corrected chi connectivity index (χ4v) is 1.51.